The molecule has 0 amide bonds. The van der Waals surface area contributed by atoms with Crippen LogP contribution in [0.2, 0.25) is 0 Å². The molecule has 0 aliphatic heterocycles. The van der Waals surface area contributed by atoms with Crippen LogP contribution in [0.4, 0.5) is 0 Å². The summed E-state index contributed by atoms with van der Waals surface area (Å²) in [4.78, 5) is 12.6. The number of Topliss-reactive ketones (excluding diaryl/α,β-unsaturated/α-hetero) is 1. The number of hydrogen-bond donors (Lipinski definition) is 0. The number of nitrogens with zero attached hydrogens (tertiary/aromatic N) is 1. The molecule has 0 fully saturated rings. The van der Waals surface area contributed by atoms with E-state index in [-0.39, 0.29) is 11.4 Å². The zero-order valence-electron chi connectivity index (χ0n) is 14.7. The smallest absolute Gasteiger partial charge is 0.203 e. The standard InChI is InChI=1S/C21H21NO3/c1-4-5-15-6-8-17(9-7-15)21(23)18(14-22)10-16-11-19(24-2)13-20(12-16)25-3/h6-13H,4-5H2,1-3H3/b18-10+. The number of methoxy groups -OCH3 is 2. The first-order chi connectivity index (χ1) is 12.1. The number of hydrogen-bond acceptors (Lipinski definition) is 4. The Labute approximate surface area is 148 Å². The fraction of sp³-hybridized carbons (Fsp3) is 0.238. The predicted octanol–water partition coefficient (Wildman–Crippen LogP) is 4.45. The van der Waals surface area contributed by atoms with E-state index in [4.69, 9.17) is 9.47 Å². The lowest BCUT2D eigenvalue weighted by molar-refractivity contribution is 0.104. The summed E-state index contributed by atoms with van der Waals surface area (Å²) in [5.41, 5.74) is 2.42. The fourth-order valence-corrected chi connectivity index (χ4v) is 2.50. The number of benzene rings is 2. The van der Waals surface area contributed by atoms with E-state index in [1.807, 2.05) is 18.2 Å². The van der Waals surface area contributed by atoms with Gasteiger partial charge in [0.05, 0.1) is 14.2 Å². The molecule has 2 aromatic rings. The van der Waals surface area contributed by atoms with Crippen LogP contribution in [0.25, 0.3) is 6.08 Å². The van der Waals surface area contributed by atoms with Crippen molar-refractivity contribution in [2.45, 2.75) is 19.8 Å². The molecule has 0 heterocycles. The van der Waals surface area contributed by atoms with Crippen LogP contribution in [0.15, 0.2) is 48.0 Å². The van der Waals surface area contributed by atoms with Gasteiger partial charge < -0.3 is 9.47 Å². The average Bonchev–Trinajstić information content (AvgIpc) is 2.66. The molecule has 128 valence electrons. The van der Waals surface area contributed by atoms with E-state index in [1.54, 1.807) is 50.6 Å². The van der Waals surface area contributed by atoms with Crippen LogP contribution in [-0.4, -0.2) is 20.0 Å². The first kappa shape index (κ1) is 18.3. The third-order valence-electron chi connectivity index (χ3n) is 3.80. The van der Waals surface area contributed by atoms with Gasteiger partial charge in [-0.1, -0.05) is 37.6 Å². The summed E-state index contributed by atoms with van der Waals surface area (Å²) in [6.45, 7) is 2.11. The zero-order valence-corrected chi connectivity index (χ0v) is 14.7. The Hall–Kier alpha value is -3.06. The molecule has 4 heteroatoms. The molecule has 25 heavy (non-hydrogen) atoms. The van der Waals surface area contributed by atoms with Gasteiger partial charge >= 0.3 is 0 Å². The van der Waals surface area contributed by atoms with E-state index >= 15 is 0 Å². The molecule has 0 radical (unpaired) electrons. The van der Waals surface area contributed by atoms with Gasteiger partial charge in [0.1, 0.15) is 23.1 Å². The lowest BCUT2D eigenvalue weighted by Crippen LogP contribution is -2.02. The third kappa shape index (κ3) is 4.71. The van der Waals surface area contributed by atoms with Crippen molar-refractivity contribution in [2.24, 2.45) is 0 Å². The second kappa shape index (κ2) is 8.70. The van der Waals surface area contributed by atoms with E-state index in [0.717, 1.165) is 12.8 Å². The fourth-order valence-electron chi connectivity index (χ4n) is 2.50. The summed E-state index contributed by atoms with van der Waals surface area (Å²) >= 11 is 0. The van der Waals surface area contributed by atoms with Crippen molar-refractivity contribution in [2.75, 3.05) is 14.2 Å². The van der Waals surface area contributed by atoms with Crippen LogP contribution in [-0.2, 0) is 6.42 Å². The molecule has 0 unspecified atom stereocenters. The van der Waals surface area contributed by atoms with Crippen molar-refractivity contribution in [1.29, 1.82) is 5.26 Å². The highest BCUT2D eigenvalue weighted by Gasteiger charge is 2.13. The second-order valence-corrected chi connectivity index (χ2v) is 5.59. The van der Waals surface area contributed by atoms with Crippen LogP contribution >= 0.6 is 0 Å². The molecular weight excluding hydrogens is 314 g/mol. The largest absolute Gasteiger partial charge is 0.497 e. The highest BCUT2D eigenvalue weighted by molar-refractivity contribution is 6.14. The van der Waals surface area contributed by atoms with Gasteiger partial charge in [-0.3, -0.25) is 4.79 Å². The Morgan fingerprint density at radius 1 is 1.08 bits per heavy atom. The number of carbonyl (C=O) groups is 1. The molecule has 0 aliphatic carbocycles. The minimum absolute atomic E-state index is 0.0681. The minimum atomic E-state index is -0.299. The Kier molecular flexibility index (Phi) is 6.36. The summed E-state index contributed by atoms with van der Waals surface area (Å²) in [5.74, 6) is 0.894. The van der Waals surface area contributed by atoms with Crippen molar-refractivity contribution in [3.8, 4) is 17.6 Å². The predicted molar refractivity (Wildman–Crippen MR) is 97.9 cm³/mol. The van der Waals surface area contributed by atoms with Crippen molar-refractivity contribution in [3.63, 3.8) is 0 Å². The van der Waals surface area contributed by atoms with E-state index in [0.29, 0.717) is 22.6 Å². The quantitative estimate of drug-likeness (QED) is 0.426. The first-order valence-electron chi connectivity index (χ1n) is 8.09. The van der Waals surface area contributed by atoms with Gasteiger partial charge in [-0.25, -0.2) is 0 Å². The molecule has 4 nitrogen and oxygen atoms in total. The maximum atomic E-state index is 12.6. The van der Waals surface area contributed by atoms with E-state index in [1.165, 1.54) is 5.56 Å². The highest BCUT2D eigenvalue weighted by atomic mass is 16.5. The first-order valence-corrected chi connectivity index (χ1v) is 8.09. The number of nitriles is 1. The summed E-state index contributed by atoms with van der Waals surface area (Å²) in [6, 6.07) is 14.6. The summed E-state index contributed by atoms with van der Waals surface area (Å²) in [5, 5.41) is 9.41. The monoisotopic (exact) mass is 335 g/mol. The molecule has 2 aromatic carbocycles. The van der Waals surface area contributed by atoms with Crippen molar-refractivity contribution >= 4 is 11.9 Å². The summed E-state index contributed by atoms with van der Waals surface area (Å²) in [7, 11) is 3.10. The summed E-state index contributed by atoms with van der Waals surface area (Å²) in [6.07, 6.45) is 3.57. The van der Waals surface area contributed by atoms with Gasteiger partial charge in [-0.15, -0.1) is 0 Å². The molecule has 2 rings (SSSR count). The number of aryl methyl sites for hydroxylation is 1. The Balaban J connectivity index is 2.33. The molecule has 0 N–H and O–H groups in total. The lowest BCUT2D eigenvalue weighted by atomic mass is 9.99. The second-order valence-electron chi connectivity index (χ2n) is 5.59. The number of ether oxygens (including phenoxy) is 2. The Morgan fingerprint density at radius 3 is 2.16 bits per heavy atom. The molecule has 0 aromatic heterocycles. The van der Waals surface area contributed by atoms with Crippen LogP contribution in [0.1, 0.15) is 34.8 Å². The van der Waals surface area contributed by atoms with Gasteiger partial charge in [0.2, 0.25) is 5.78 Å². The molecule has 0 atom stereocenters. The van der Waals surface area contributed by atoms with Crippen LogP contribution in [0.3, 0.4) is 0 Å². The van der Waals surface area contributed by atoms with Gasteiger partial charge in [0, 0.05) is 11.6 Å². The normalized spacial score (nSPS) is 10.9. The SMILES string of the molecule is CCCc1ccc(C(=O)/C(C#N)=C/c2cc(OC)cc(OC)c2)cc1. The number of allylic oxidation sites excluding steroid dienone is 1. The van der Waals surface area contributed by atoms with Crippen LogP contribution in [0.5, 0.6) is 11.5 Å². The molecule has 0 spiro atoms. The van der Waals surface area contributed by atoms with Crippen LogP contribution < -0.4 is 9.47 Å². The van der Waals surface area contributed by atoms with Crippen molar-refractivity contribution in [3.05, 3.63) is 64.7 Å². The van der Waals surface area contributed by atoms with Gasteiger partial charge in [0.25, 0.3) is 0 Å². The molecule has 0 saturated carbocycles. The summed E-state index contributed by atoms with van der Waals surface area (Å²) < 4.78 is 10.4. The average molecular weight is 335 g/mol. The number of rotatable bonds is 7. The zero-order chi connectivity index (χ0) is 18.2. The maximum Gasteiger partial charge on any atom is 0.203 e. The maximum absolute atomic E-state index is 12.6. The Morgan fingerprint density at radius 2 is 1.68 bits per heavy atom. The lowest BCUT2D eigenvalue weighted by Gasteiger charge is -2.07. The van der Waals surface area contributed by atoms with Crippen molar-refractivity contribution < 1.29 is 14.3 Å². The molecule has 0 bridgehead atoms. The minimum Gasteiger partial charge on any atom is -0.497 e. The molecule has 0 saturated heterocycles. The Bertz CT molecular complexity index is 792. The third-order valence-corrected chi connectivity index (χ3v) is 3.80. The van der Waals surface area contributed by atoms with Gasteiger partial charge in [0.15, 0.2) is 0 Å². The van der Waals surface area contributed by atoms with Gasteiger partial charge in [-0.05, 0) is 35.8 Å². The highest BCUT2D eigenvalue weighted by Crippen LogP contribution is 2.24. The van der Waals surface area contributed by atoms with Gasteiger partial charge in [-0.2, -0.15) is 5.26 Å². The van der Waals surface area contributed by atoms with Crippen molar-refractivity contribution in [1.82, 2.24) is 0 Å². The number of carbonyl (C=O) groups excluding carboxylic acids is 1. The van der Waals surface area contributed by atoms with E-state index in [9.17, 15) is 10.1 Å². The molecular formula is C21H21NO3. The van der Waals surface area contributed by atoms with E-state index < -0.39 is 0 Å². The van der Waals surface area contributed by atoms with E-state index in [2.05, 4.69) is 6.92 Å². The number of ketones is 1. The molecule has 0 aliphatic rings. The van der Waals surface area contributed by atoms with Crippen LogP contribution in [0, 0.1) is 11.3 Å². The topological polar surface area (TPSA) is 59.3 Å².